The molecule has 1 atom stereocenters. The van der Waals surface area contributed by atoms with Crippen LogP contribution >= 0.6 is 11.3 Å². The summed E-state index contributed by atoms with van der Waals surface area (Å²) in [5.41, 5.74) is 1.33. The van der Waals surface area contributed by atoms with Crippen LogP contribution in [0.4, 0.5) is 5.82 Å². The van der Waals surface area contributed by atoms with Crippen molar-refractivity contribution in [2.75, 3.05) is 5.32 Å². The van der Waals surface area contributed by atoms with Crippen LogP contribution in [-0.4, -0.2) is 20.7 Å². The Balaban J connectivity index is 1.86. The lowest BCUT2D eigenvalue weighted by atomic mass is 10.2. The highest BCUT2D eigenvalue weighted by atomic mass is 32.1. The van der Waals surface area contributed by atoms with Gasteiger partial charge >= 0.3 is 0 Å². The van der Waals surface area contributed by atoms with Gasteiger partial charge in [0.2, 0.25) is 5.91 Å². The first-order valence-corrected chi connectivity index (χ1v) is 8.30. The summed E-state index contributed by atoms with van der Waals surface area (Å²) in [5, 5.41) is 8.98. The Morgan fingerprint density at radius 2 is 2.12 bits per heavy atom. The molecule has 1 amide bonds. The van der Waals surface area contributed by atoms with Crippen LogP contribution < -0.4 is 10.9 Å². The zero-order chi connectivity index (χ0) is 17.1. The smallest absolute Gasteiger partial charge is 0.267 e. The standard InChI is InChI=1S/C17H16N4O2S/c1-11-7-8-18-15(10-11)19-17(23)12(2)21-16(22)6-5-13(20-21)14-4-3-9-24-14/h3-10,12H,1-2H3,(H,18,19,23). The second-order valence-electron chi connectivity index (χ2n) is 5.36. The van der Waals surface area contributed by atoms with Crippen LogP contribution in [0.5, 0.6) is 0 Å². The third-order valence-electron chi connectivity index (χ3n) is 3.51. The topological polar surface area (TPSA) is 76.9 Å². The van der Waals surface area contributed by atoms with Crippen molar-refractivity contribution in [2.45, 2.75) is 19.9 Å². The number of thiophene rings is 1. The zero-order valence-corrected chi connectivity index (χ0v) is 14.1. The Bertz CT molecular complexity index is 918. The molecule has 1 unspecified atom stereocenters. The Kier molecular flexibility index (Phi) is 4.52. The first-order valence-electron chi connectivity index (χ1n) is 7.42. The SMILES string of the molecule is Cc1ccnc(NC(=O)C(C)n2nc(-c3cccs3)ccc2=O)c1. The van der Waals surface area contributed by atoms with Gasteiger partial charge in [0.25, 0.3) is 5.56 Å². The average molecular weight is 340 g/mol. The van der Waals surface area contributed by atoms with Crippen LogP contribution in [0.3, 0.4) is 0 Å². The number of nitrogens with one attached hydrogen (secondary N) is 1. The molecule has 0 radical (unpaired) electrons. The molecule has 1 N–H and O–H groups in total. The molecule has 0 spiro atoms. The number of rotatable bonds is 4. The summed E-state index contributed by atoms with van der Waals surface area (Å²) in [5.74, 6) is 0.111. The fourth-order valence-corrected chi connectivity index (χ4v) is 2.90. The van der Waals surface area contributed by atoms with Crippen molar-refractivity contribution in [2.24, 2.45) is 0 Å². The van der Waals surface area contributed by atoms with Crippen molar-refractivity contribution in [3.63, 3.8) is 0 Å². The minimum absolute atomic E-state index is 0.324. The molecule has 0 fully saturated rings. The predicted molar refractivity (Wildman–Crippen MR) is 94.1 cm³/mol. The molecule has 0 aliphatic heterocycles. The fourth-order valence-electron chi connectivity index (χ4n) is 2.20. The minimum Gasteiger partial charge on any atom is -0.309 e. The molecule has 6 nitrogen and oxygen atoms in total. The van der Waals surface area contributed by atoms with E-state index < -0.39 is 6.04 Å². The third kappa shape index (κ3) is 3.41. The summed E-state index contributed by atoms with van der Waals surface area (Å²) >= 11 is 1.53. The van der Waals surface area contributed by atoms with Gasteiger partial charge in [-0.1, -0.05) is 6.07 Å². The van der Waals surface area contributed by atoms with E-state index in [0.717, 1.165) is 10.4 Å². The van der Waals surface area contributed by atoms with Crippen LogP contribution in [0.25, 0.3) is 10.6 Å². The van der Waals surface area contributed by atoms with Gasteiger partial charge in [-0.15, -0.1) is 11.3 Å². The molecule has 3 rings (SSSR count). The lowest BCUT2D eigenvalue weighted by molar-refractivity contribution is -0.119. The number of aryl methyl sites for hydroxylation is 1. The van der Waals surface area contributed by atoms with Crippen LogP contribution in [0.2, 0.25) is 0 Å². The molecule has 24 heavy (non-hydrogen) atoms. The van der Waals surface area contributed by atoms with E-state index in [1.165, 1.54) is 22.1 Å². The highest BCUT2D eigenvalue weighted by molar-refractivity contribution is 7.13. The third-order valence-corrected chi connectivity index (χ3v) is 4.40. The van der Waals surface area contributed by atoms with E-state index >= 15 is 0 Å². The normalized spacial score (nSPS) is 11.9. The minimum atomic E-state index is -0.750. The summed E-state index contributed by atoms with van der Waals surface area (Å²) < 4.78 is 1.19. The van der Waals surface area contributed by atoms with Crippen molar-refractivity contribution >= 4 is 23.1 Å². The lowest BCUT2D eigenvalue weighted by Gasteiger charge is -2.14. The molecule has 0 saturated carbocycles. The van der Waals surface area contributed by atoms with Crippen LogP contribution in [0.15, 0.2) is 52.8 Å². The lowest BCUT2D eigenvalue weighted by Crippen LogP contribution is -2.33. The van der Waals surface area contributed by atoms with Gasteiger partial charge in [-0.3, -0.25) is 9.59 Å². The first-order chi connectivity index (χ1) is 11.5. The van der Waals surface area contributed by atoms with Gasteiger partial charge in [-0.2, -0.15) is 5.10 Å². The van der Waals surface area contributed by atoms with Gasteiger partial charge < -0.3 is 5.32 Å². The number of carbonyl (C=O) groups excluding carboxylic acids is 1. The van der Waals surface area contributed by atoms with E-state index in [0.29, 0.717) is 11.5 Å². The number of hydrogen-bond donors (Lipinski definition) is 1. The summed E-state index contributed by atoms with van der Waals surface area (Å²) in [7, 11) is 0. The van der Waals surface area contributed by atoms with Gasteiger partial charge in [0, 0.05) is 12.3 Å². The van der Waals surface area contributed by atoms with E-state index in [-0.39, 0.29) is 11.5 Å². The molecular formula is C17H16N4O2S. The van der Waals surface area contributed by atoms with Gasteiger partial charge in [0.05, 0.1) is 4.88 Å². The van der Waals surface area contributed by atoms with E-state index in [1.54, 1.807) is 25.3 Å². The van der Waals surface area contributed by atoms with Gasteiger partial charge in [0.1, 0.15) is 17.6 Å². The molecule has 7 heteroatoms. The Morgan fingerprint density at radius 3 is 2.83 bits per heavy atom. The number of amides is 1. The van der Waals surface area contributed by atoms with Crippen molar-refractivity contribution in [3.05, 3.63) is 63.9 Å². The largest absolute Gasteiger partial charge is 0.309 e. The number of anilines is 1. The second kappa shape index (κ2) is 6.76. The van der Waals surface area contributed by atoms with Crippen molar-refractivity contribution in [1.82, 2.24) is 14.8 Å². The summed E-state index contributed by atoms with van der Waals surface area (Å²) in [4.78, 5) is 29.6. The predicted octanol–water partition coefficient (Wildman–Crippen LogP) is 2.87. The Labute approximate surface area is 142 Å². The van der Waals surface area contributed by atoms with Gasteiger partial charge in [-0.25, -0.2) is 9.67 Å². The fraction of sp³-hybridized carbons (Fsp3) is 0.176. The molecule has 3 aromatic heterocycles. The average Bonchev–Trinajstić information content (AvgIpc) is 3.09. The maximum atomic E-state index is 12.4. The van der Waals surface area contributed by atoms with E-state index in [9.17, 15) is 9.59 Å². The highest BCUT2D eigenvalue weighted by Gasteiger charge is 2.18. The van der Waals surface area contributed by atoms with E-state index in [1.807, 2.05) is 30.5 Å². The molecule has 0 bridgehead atoms. The number of hydrogen-bond acceptors (Lipinski definition) is 5. The number of carbonyl (C=O) groups is 1. The zero-order valence-electron chi connectivity index (χ0n) is 13.3. The molecule has 122 valence electrons. The summed E-state index contributed by atoms with van der Waals surface area (Å²) in [6, 6.07) is 9.78. The maximum Gasteiger partial charge on any atom is 0.267 e. The molecular weight excluding hydrogens is 324 g/mol. The molecule has 0 saturated heterocycles. The molecule has 0 aromatic carbocycles. The number of aromatic nitrogens is 3. The first kappa shape index (κ1) is 16.1. The van der Waals surface area contributed by atoms with Gasteiger partial charge in [-0.05, 0) is 49.1 Å². The van der Waals surface area contributed by atoms with Crippen molar-refractivity contribution < 1.29 is 4.79 Å². The van der Waals surface area contributed by atoms with Crippen LogP contribution in [0, 0.1) is 6.92 Å². The summed E-state index contributed by atoms with van der Waals surface area (Å²) in [6.07, 6.45) is 1.62. The van der Waals surface area contributed by atoms with Crippen LogP contribution in [-0.2, 0) is 4.79 Å². The molecule has 3 aromatic rings. The monoisotopic (exact) mass is 340 g/mol. The second-order valence-corrected chi connectivity index (χ2v) is 6.31. The summed E-state index contributed by atoms with van der Waals surface area (Å²) in [6.45, 7) is 3.55. The molecule has 3 heterocycles. The van der Waals surface area contributed by atoms with E-state index in [2.05, 4.69) is 15.4 Å². The number of nitrogens with zero attached hydrogens (tertiary/aromatic N) is 3. The quantitative estimate of drug-likeness (QED) is 0.792. The number of pyridine rings is 1. The Hall–Kier alpha value is -2.80. The van der Waals surface area contributed by atoms with Crippen LogP contribution in [0.1, 0.15) is 18.5 Å². The molecule has 0 aliphatic carbocycles. The molecule has 0 aliphatic rings. The maximum absolute atomic E-state index is 12.4. The Morgan fingerprint density at radius 1 is 1.29 bits per heavy atom. The van der Waals surface area contributed by atoms with E-state index in [4.69, 9.17) is 0 Å². The van der Waals surface area contributed by atoms with Crippen molar-refractivity contribution in [1.29, 1.82) is 0 Å². The van der Waals surface area contributed by atoms with Gasteiger partial charge in [0.15, 0.2) is 0 Å². The highest BCUT2D eigenvalue weighted by Crippen LogP contribution is 2.21. The van der Waals surface area contributed by atoms with Crippen molar-refractivity contribution in [3.8, 4) is 10.6 Å².